The van der Waals surface area contributed by atoms with Gasteiger partial charge in [0.05, 0.1) is 0 Å². The molecule has 20 heavy (non-hydrogen) atoms. The van der Waals surface area contributed by atoms with Crippen molar-refractivity contribution in [3.8, 4) is 0 Å². The van der Waals surface area contributed by atoms with E-state index in [1.54, 1.807) is 12.3 Å². The summed E-state index contributed by atoms with van der Waals surface area (Å²) >= 11 is 0. The highest BCUT2D eigenvalue weighted by Gasteiger charge is 1.96. The Morgan fingerprint density at radius 3 is 1.00 bits per heavy atom. The molecule has 1 rings (SSSR count). The van der Waals surface area contributed by atoms with Crippen molar-refractivity contribution in [2.75, 3.05) is 12.3 Å². The lowest BCUT2D eigenvalue weighted by Gasteiger charge is -2.06. The SMILES string of the molecule is C1CCCCCCPPPPPPPPCCCCC1. The van der Waals surface area contributed by atoms with Gasteiger partial charge in [-0.1, -0.05) is 116 Å². The van der Waals surface area contributed by atoms with Gasteiger partial charge in [-0.3, -0.25) is 0 Å². The standard InChI is InChI=1S/C12H32P8/c1-2-4-6-8-10-12-14-16-18-20-19-17-15-13-11-9-7-5-3-1/h13-20H,1-12H2. The second kappa shape index (κ2) is 18.8. The van der Waals surface area contributed by atoms with Crippen molar-refractivity contribution in [2.45, 2.75) is 64.2 Å². The number of hydrogen-bond acceptors (Lipinski definition) is 0. The number of hydrogen-bond donors (Lipinski definition) is 0. The van der Waals surface area contributed by atoms with Gasteiger partial charge in [0.25, 0.3) is 0 Å². The molecule has 0 saturated carbocycles. The van der Waals surface area contributed by atoms with Gasteiger partial charge in [0.15, 0.2) is 0 Å². The Labute approximate surface area is 140 Å². The van der Waals surface area contributed by atoms with Crippen LogP contribution in [0.4, 0.5) is 0 Å². The van der Waals surface area contributed by atoms with Crippen LogP contribution >= 0.6 is 64.3 Å². The van der Waals surface area contributed by atoms with E-state index < -0.39 is 0 Å². The second-order valence-electron chi connectivity index (χ2n) is 5.14. The first-order valence-electron chi connectivity index (χ1n) is 7.96. The van der Waals surface area contributed by atoms with Crippen LogP contribution in [0.25, 0.3) is 0 Å². The molecule has 0 aromatic carbocycles. The van der Waals surface area contributed by atoms with E-state index in [9.17, 15) is 0 Å². The Morgan fingerprint density at radius 2 is 0.600 bits per heavy atom. The molecule has 0 radical (unpaired) electrons. The van der Waals surface area contributed by atoms with E-state index in [4.69, 9.17) is 0 Å². The minimum atomic E-state index is 1.32. The van der Waals surface area contributed by atoms with E-state index in [1.807, 2.05) is 0 Å². The van der Waals surface area contributed by atoms with Crippen molar-refractivity contribution in [1.82, 2.24) is 0 Å². The molecule has 0 amide bonds. The maximum Gasteiger partial charge on any atom is -0.0314 e. The van der Waals surface area contributed by atoms with Crippen molar-refractivity contribution < 1.29 is 0 Å². The van der Waals surface area contributed by atoms with Crippen LogP contribution in [-0.4, -0.2) is 12.3 Å². The maximum absolute atomic E-state index is 1.56. The monoisotopic (exact) mass is 424 g/mol. The topological polar surface area (TPSA) is 0 Å². The van der Waals surface area contributed by atoms with Crippen molar-refractivity contribution in [3.63, 3.8) is 0 Å². The fraction of sp³-hybridized carbons (Fsp3) is 1.00. The first-order chi connectivity index (χ1) is 10.0. The predicted octanol–water partition coefficient (Wildman–Crippen LogP) is 8.73. The highest BCUT2D eigenvalue weighted by molar-refractivity contribution is 8.81. The van der Waals surface area contributed by atoms with Gasteiger partial charge in [0, 0.05) is 0 Å². The van der Waals surface area contributed by atoms with E-state index in [0.29, 0.717) is 0 Å². The van der Waals surface area contributed by atoms with Gasteiger partial charge in [0.1, 0.15) is 0 Å². The Bertz CT molecular complexity index is 106. The third-order valence-corrected chi connectivity index (χ3v) is 35.6. The molecular formula is C12H32P8. The van der Waals surface area contributed by atoms with E-state index in [2.05, 4.69) is 0 Å². The molecular weight excluding hydrogens is 392 g/mol. The largest absolute Gasteiger partial charge is 0.0947 e. The quantitative estimate of drug-likeness (QED) is 0.341. The molecule has 1 heterocycles. The van der Waals surface area contributed by atoms with Gasteiger partial charge in [-0.25, -0.2) is 0 Å². The summed E-state index contributed by atoms with van der Waals surface area (Å²) in [6, 6.07) is 0. The van der Waals surface area contributed by atoms with Crippen LogP contribution in [0.15, 0.2) is 0 Å². The van der Waals surface area contributed by atoms with Crippen LogP contribution in [0.2, 0.25) is 0 Å². The zero-order valence-electron chi connectivity index (χ0n) is 12.5. The summed E-state index contributed by atoms with van der Waals surface area (Å²) in [4.78, 5) is 0. The summed E-state index contributed by atoms with van der Waals surface area (Å²) in [5.74, 6) is 0. The molecule has 8 atom stereocenters. The first kappa shape index (κ1) is 21.5. The smallest absolute Gasteiger partial charge is 0.0314 e. The normalized spacial score (nSPS) is 33.6. The Hall–Kier alpha value is 3.44. The summed E-state index contributed by atoms with van der Waals surface area (Å²) in [5.41, 5.74) is 0. The van der Waals surface area contributed by atoms with Gasteiger partial charge >= 0.3 is 0 Å². The van der Waals surface area contributed by atoms with Crippen LogP contribution < -0.4 is 0 Å². The highest BCUT2D eigenvalue weighted by Crippen LogP contribution is 2.77. The molecule has 0 N–H and O–H groups in total. The summed E-state index contributed by atoms with van der Waals surface area (Å²) in [6.45, 7) is 0. The summed E-state index contributed by atoms with van der Waals surface area (Å²) < 4.78 is 0. The minimum absolute atomic E-state index is 1.32. The molecule has 8 unspecified atom stereocenters. The fourth-order valence-corrected chi connectivity index (χ4v) is 44.7. The van der Waals surface area contributed by atoms with Crippen LogP contribution in [0.5, 0.6) is 0 Å². The summed E-state index contributed by atoms with van der Waals surface area (Å²) in [6.07, 6.45) is 18.3. The van der Waals surface area contributed by atoms with Gasteiger partial charge in [-0.15, -0.1) is 0 Å². The van der Waals surface area contributed by atoms with Crippen molar-refractivity contribution >= 4 is 64.3 Å². The summed E-state index contributed by atoms with van der Waals surface area (Å²) in [7, 11) is 10.8. The third kappa shape index (κ3) is 16.3. The average molecular weight is 424 g/mol. The Kier molecular flexibility index (Phi) is 20.2. The maximum atomic E-state index is 1.56. The lowest BCUT2D eigenvalue weighted by atomic mass is 10.1. The van der Waals surface area contributed by atoms with Gasteiger partial charge in [-0.05, 0) is 25.2 Å². The molecule has 0 aromatic heterocycles. The first-order valence-corrected chi connectivity index (χ1v) is 23.4. The number of rotatable bonds is 0. The van der Waals surface area contributed by atoms with E-state index in [-0.39, 0.29) is 0 Å². The zero-order chi connectivity index (χ0) is 14.1. The molecule has 1 aliphatic rings. The van der Waals surface area contributed by atoms with Crippen LogP contribution in [0.3, 0.4) is 0 Å². The molecule has 0 bridgehead atoms. The van der Waals surface area contributed by atoms with Crippen molar-refractivity contribution in [1.29, 1.82) is 0 Å². The molecule has 120 valence electrons. The highest BCUT2D eigenvalue weighted by atomic mass is 32.9. The molecule has 0 aromatic rings. The van der Waals surface area contributed by atoms with Crippen LogP contribution in [0.1, 0.15) is 64.2 Å². The van der Waals surface area contributed by atoms with Crippen molar-refractivity contribution in [3.05, 3.63) is 0 Å². The lowest BCUT2D eigenvalue weighted by Crippen LogP contribution is -1.83. The van der Waals surface area contributed by atoms with E-state index in [0.717, 1.165) is 0 Å². The molecule has 0 nitrogen and oxygen atoms in total. The van der Waals surface area contributed by atoms with E-state index in [1.165, 1.54) is 128 Å². The molecule has 0 aliphatic carbocycles. The van der Waals surface area contributed by atoms with Gasteiger partial charge in [0.2, 0.25) is 0 Å². The van der Waals surface area contributed by atoms with E-state index >= 15 is 0 Å². The molecule has 1 saturated heterocycles. The van der Waals surface area contributed by atoms with Gasteiger partial charge < -0.3 is 0 Å². The molecule has 0 spiro atoms. The Balaban J connectivity index is 2.00. The van der Waals surface area contributed by atoms with Crippen LogP contribution in [0, 0.1) is 0 Å². The van der Waals surface area contributed by atoms with Crippen molar-refractivity contribution in [2.24, 2.45) is 0 Å². The zero-order valence-corrected chi connectivity index (χ0v) is 20.5. The second-order valence-corrected chi connectivity index (χ2v) is 28.5. The molecule has 8 heteroatoms. The summed E-state index contributed by atoms with van der Waals surface area (Å²) in [5, 5.41) is 0. The third-order valence-electron chi connectivity index (χ3n) is 3.34. The Morgan fingerprint density at radius 1 is 0.300 bits per heavy atom. The predicted molar refractivity (Wildman–Crippen MR) is 122 cm³/mol. The molecule has 1 fully saturated rings. The van der Waals surface area contributed by atoms with Gasteiger partial charge in [-0.2, -0.15) is 0 Å². The lowest BCUT2D eigenvalue weighted by molar-refractivity contribution is 0.564. The average Bonchev–Trinajstić information content (AvgIpc) is 2.46. The fourth-order valence-electron chi connectivity index (χ4n) is 2.18. The van der Waals surface area contributed by atoms with Crippen LogP contribution in [-0.2, 0) is 0 Å². The molecule has 1 aliphatic heterocycles. The minimum Gasteiger partial charge on any atom is -0.0947 e.